The molecule has 2 atom stereocenters. The van der Waals surface area contributed by atoms with Crippen molar-refractivity contribution in [3.05, 3.63) is 35.4 Å². The predicted molar refractivity (Wildman–Crippen MR) is 62.1 cm³/mol. The van der Waals surface area contributed by atoms with Crippen molar-refractivity contribution in [1.82, 2.24) is 5.32 Å². The number of carboxylic acids is 1. The van der Waals surface area contributed by atoms with Gasteiger partial charge in [0.25, 0.3) is 0 Å². The average molecular weight is 255 g/mol. The minimum atomic E-state index is -0.924. The SMILES string of the molecule is CC(NC(C(=O)O)C1CC1)c1ccc(F)cc1F. The van der Waals surface area contributed by atoms with Crippen molar-refractivity contribution in [2.24, 2.45) is 5.92 Å². The van der Waals surface area contributed by atoms with Gasteiger partial charge in [-0.3, -0.25) is 10.1 Å². The Bertz CT molecular complexity index is 460. The summed E-state index contributed by atoms with van der Waals surface area (Å²) in [6.07, 6.45) is 1.76. The number of carbonyl (C=O) groups is 1. The molecule has 1 aliphatic carbocycles. The minimum Gasteiger partial charge on any atom is -0.480 e. The lowest BCUT2D eigenvalue weighted by Crippen LogP contribution is -2.40. The summed E-state index contributed by atoms with van der Waals surface area (Å²) < 4.78 is 26.3. The zero-order chi connectivity index (χ0) is 13.3. The van der Waals surface area contributed by atoms with E-state index in [2.05, 4.69) is 5.32 Å². The Hall–Kier alpha value is -1.49. The van der Waals surface area contributed by atoms with E-state index in [9.17, 15) is 13.6 Å². The van der Waals surface area contributed by atoms with Gasteiger partial charge in [-0.15, -0.1) is 0 Å². The van der Waals surface area contributed by atoms with Gasteiger partial charge in [0.1, 0.15) is 17.7 Å². The number of benzene rings is 1. The molecule has 1 saturated carbocycles. The van der Waals surface area contributed by atoms with Gasteiger partial charge in [-0.05, 0) is 31.7 Å². The van der Waals surface area contributed by atoms with Crippen molar-refractivity contribution in [3.8, 4) is 0 Å². The first-order valence-electron chi connectivity index (χ1n) is 5.93. The monoisotopic (exact) mass is 255 g/mol. The first kappa shape index (κ1) is 13.0. The van der Waals surface area contributed by atoms with Crippen LogP contribution in [0.5, 0.6) is 0 Å². The fraction of sp³-hybridized carbons (Fsp3) is 0.462. The summed E-state index contributed by atoms with van der Waals surface area (Å²) in [6.45, 7) is 1.68. The summed E-state index contributed by atoms with van der Waals surface area (Å²) in [6, 6.07) is 2.19. The molecule has 2 rings (SSSR count). The number of halogens is 2. The van der Waals surface area contributed by atoms with E-state index in [1.54, 1.807) is 6.92 Å². The molecule has 0 aromatic heterocycles. The maximum atomic E-state index is 13.5. The molecule has 18 heavy (non-hydrogen) atoms. The van der Waals surface area contributed by atoms with Gasteiger partial charge < -0.3 is 5.11 Å². The molecule has 3 nitrogen and oxygen atoms in total. The molecule has 0 bridgehead atoms. The second kappa shape index (κ2) is 5.02. The normalized spacial score (nSPS) is 18.4. The van der Waals surface area contributed by atoms with E-state index in [1.807, 2.05) is 0 Å². The number of carboxylic acid groups (broad SMARTS) is 1. The van der Waals surface area contributed by atoms with Gasteiger partial charge in [-0.2, -0.15) is 0 Å². The molecular weight excluding hydrogens is 240 g/mol. The van der Waals surface area contributed by atoms with Gasteiger partial charge in [-0.25, -0.2) is 8.78 Å². The second-order valence-electron chi connectivity index (χ2n) is 4.71. The van der Waals surface area contributed by atoms with E-state index in [1.165, 1.54) is 12.1 Å². The molecule has 1 fully saturated rings. The third-order valence-electron chi connectivity index (χ3n) is 3.22. The average Bonchev–Trinajstić information content (AvgIpc) is 3.08. The molecule has 0 heterocycles. The molecule has 1 aromatic carbocycles. The zero-order valence-electron chi connectivity index (χ0n) is 9.99. The van der Waals surface area contributed by atoms with Crippen LogP contribution in [0.4, 0.5) is 8.78 Å². The van der Waals surface area contributed by atoms with E-state index >= 15 is 0 Å². The number of hydrogen-bond acceptors (Lipinski definition) is 2. The Morgan fingerprint density at radius 3 is 2.61 bits per heavy atom. The first-order valence-corrected chi connectivity index (χ1v) is 5.93. The van der Waals surface area contributed by atoms with Gasteiger partial charge in [0.05, 0.1) is 0 Å². The molecule has 0 amide bonds. The van der Waals surface area contributed by atoms with Crippen LogP contribution in [0.25, 0.3) is 0 Å². The molecule has 1 aliphatic rings. The number of hydrogen-bond donors (Lipinski definition) is 2. The highest BCUT2D eigenvalue weighted by Gasteiger charge is 2.37. The van der Waals surface area contributed by atoms with Crippen LogP contribution in [0.1, 0.15) is 31.4 Å². The quantitative estimate of drug-likeness (QED) is 0.849. The van der Waals surface area contributed by atoms with Crippen LogP contribution in [-0.2, 0) is 4.79 Å². The van der Waals surface area contributed by atoms with Crippen molar-refractivity contribution in [2.45, 2.75) is 31.8 Å². The van der Waals surface area contributed by atoms with Crippen LogP contribution in [0.15, 0.2) is 18.2 Å². The van der Waals surface area contributed by atoms with E-state index in [0.717, 1.165) is 18.9 Å². The van der Waals surface area contributed by atoms with Gasteiger partial charge >= 0.3 is 5.97 Å². The maximum absolute atomic E-state index is 13.5. The van der Waals surface area contributed by atoms with Gasteiger partial charge in [0, 0.05) is 17.7 Å². The third kappa shape index (κ3) is 2.85. The topological polar surface area (TPSA) is 49.3 Å². The Morgan fingerprint density at radius 2 is 2.11 bits per heavy atom. The molecule has 2 N–H and O–H groups in total. The molecule has 0 saturated heterocycles. The summed E-state index contributed by atoms with van der Waals surface area (Å²) in [4.78, 5) is 11.1. The highest BCUT2D eigenvalue weighted by Crippen LogP contribution is 2.34. The summed E-state index contributed by atoms with van der Waals surface area (Å²) >= 11 is 0. The minimum absolute atomic E-state index is 0.119. The Morgan fingerprint density at radius 1 is 1.44 bits per heavy atom. The number of rotatable bonds is 5. The van der Waals surface area contributed by atoms with Gasteiger partial charge in [0.15, 0.2) is 0 Å². The third-order valence-corrected chi connectivity index (χ3v) is 3.22. The highest BCUT2D eigenvalue weighted by atomic mass is 19.1. The first-order chi connectivity index (χ1) is 8.49. The lowest BCUT2D eigenvalue weighted by Gasteiger charge is -2.20. The van der Waals surface area contributed by atoms with Crippen LogP contribution in [0.3, 0.4) is 0 Å². The summed E-state index contributed by atoms with van der Waals surface area (Å²) in [5.41, 5.74) is 0.281. The zero-order valence-corrected chi connectivity index (χ0v) is 9.99. The maximum Gasteiger partial charge on any atom is 0.320 e. The lowest BCUT2D eigenvalue weighted by molar-refractivity contribution is -0.140. The summed E-state index contributed by atoms with van der Waals surface area (Å²) in [5.74, 6) is -2.10. The smallest absolute Gasteiger partial charge is 0.320 e. The number of aliphatic carboxylic acids is 1. The van der Waals surface area contributed by atoms with Crippen molar-refractivity contribution in [3.63, 3.8) is 0 Å². The van der Waals surface area contributed by atoms with Gasteiger partial charge in [-0.1, -0.05) is 6.07 Å². The van der Waals surface area contributed by atoms with E-state index in [4.69, 9.17) is 5.11 Å². The fourth-order valence-electron chi connectivity index (χ4n) is 2.05. The Kier molecular flexibility index (Phi) is 3.61. The molecule has 0 spiro atoms. The largest absolute Gasteiger partial charge is 0.480 e. The molecule has 1 aromatic rings. The lowest BCUT2D eigenvalue weighted by atomic mass is 10.1. The van der Waals surface area contributed by atoms with Crippen molar-refractivity contribution in [2.75, 3.05) is 0 Å². The van der Waals surface area contributed by atoms with E-state index in [-0.39, 0.29) is 11.5 Å². The molecule has 2 unspecified atom stereocenters. The molecular formula is C13H15F2NO2. The van der Waals surface area contributed by atoms with Crippen LogP contribution >= 0.6 is 0 Å². The van der Waals surface area contributed by atoms with E-state index < -0.39 is 29.7 Å². The van der Waals surface area contributed by atoms with Crippen molar-refractivity contribution >= 4 is 5.97 Å². The second-order valence-corrected chi connectivity index (χ2v) is 4.71. The van der Waals surface area contributed by atoms with Gasteiger partial charge in [0.2, 0.25) is 0 Å². The van der Waals surface area contributed by atoms with Crippen LogP contribution in [-0.4, -0.2) is 17.1 Å². The predicted octanol–water partition coefficient (Wildman–Crippen LogP) is 2.48. The van der Waals surface area contributed by atoms with E-state index in [0.29, 0.717) is 0 Å². The van der Waals surface area contributed by atoms with Crippen LogP contribution < -0.4 is 5.32 Å². The van der Waals surface area contributed by atoms with Crippen molar-refractivity contribution < 1.29 is 18.7 Å². The standard InChI is InChI=1S/C13H15F2NO2/c1-7(10-5-4-9(14)6-11(10)15)16-12(13(17)18)8-2-3-8/h4-8,12,16H,2-3H2,1H3,(H,17,18). The fourth-order valence-corrected chi connectivity index (χ4v) is 2.05. The Labute approximate surface area is 104 Å². The summed E-state index contributed by atoms with van der Waals surface area (Å²) in [5, 5.41) is 12.0. The molecule has 98 valence electrons. The number of nitrogens with one attached hydrogen (secondary N) is 1. The molecule has 5 heteroatoms. The van der Waals surface area contributed by atoms with Crippen molar-refractivity contribution in [1.29, 1.82) is 0 Å². The summed E-state index contributed by atoms with van der Waals surface area (Å²) in [7, 11) is 0. The highest BCUT2D eigenvalue weighted by molar-refractivity contribution is 5.74. The van der Waals surface area contributed by atoms with Crippen LogP contribution in [0, 0.1) is 17.6 Å². The molecule has 0 radical (unpaired) electrons. The molecule has 0 aliphatic heterocycles. The Balaban J connectivity index is 2.10. The van der Waals surface area contributed by atoms with Crippen LogP contribution in [0.2, 0.25) is 0 Å².